The third kappa shape index (κ3) is 2.70. The molecule has 3 heteroatoms. The fraction of sp³-hybridized carbons (Fsp3) is 0.600. The van der Waals surface area contributed by atoms with Crippen LogP contribution < -0.4 is 5.32 Å². The molecule has 0 amide bonds. The Bertz CT molecular complexity index is 443. The van der Waals surface area contributed by atoms with Gasteiger partial charge in [-0.05, 0) is 56.0 Å². The normalized spacial score (nSPS) is 18.9. The molecular formula is C15H19N3. The van der Waals surface area contributed by atoms with Gasteiger partial charge in [0, 0.05) is 18.3 Å². The first-order valence-corrected chi connectivity index (χ1v) is 6.93. The highest BCUT2D eigenvalue weighted by Gasteiger charge is 2.40. The minimum Gasteiger partial charge on any atom is -0.312 e. The Hall–Kier alpha value is -1.40. The van der Waals surface area contributed by atoms with E-state index in [4.69, 9.17) is 5.26 Å². The number of rotatable bonds is 6. The van der Waals surface area contributed by atoms with Gasteiger partial charge in [-0.3, -0.25) is 0 Å². The summed E-state index contributed by atoms with van der Waals surface area (Å²) in [6, 6.07) is 6.04. The maximum absolute atomic E-state index is 8.98. The third-order valence-electron chi connectivity index (χ3n) is 4.15. The van der Waals surface area contributed by atoms with Crippen LogP contribution >= 0.6 is 0 Å². The van der Waals surface area contributed by atoms with Gasteiger partial charge >= 0.3 is 0 Å². The number of nitriles is 1. The van der Waals surface area contributed by atoms with Crippen molar-refractivity contribution < 1.29 is 0 Å². The molecule has 0 spiro atoms. The number of aromatic nitrogens is 1. The fourth-order valence-electron chi connectivity index (χ4n) is 2.82. The lowest BCUT2D eigenvalue weighted by Gasteiger charge is -2.16. The summed E-state index contributed by atoms with van der Waals surface area (Å²) in [5, 5.41) is 12.5. The van der Waals surface area contributed by atoms with Crippen molar-refractivity contribution in [2.24, 2.45) is 17.8 Å². The Morgan fingerprint density at radius 1 is 1.33 bits per heavy atom. The molecule has 0 aromatic carbocycles. The number of nitrogens with zero attached hydrogens (tertiary/aromatic N) is 2. The summed E-state index contributed by atoms with van der Waals surface area (Å²) in [5.41, 5.74) is 1.57. The zero-order valence-electron chi connectivity index (χ0n) is 10.6. The molecule has 0 radical (unpaired) electrons. The number of nitrogens with one attached hydrogen (secondary N) is 1. The molecule has 2 aliphatic carbocycles. The molecule has 2 fully saturated rings. The Morgan fingerprint density at radius 3 is 2.67 bits per heavy atom. The molecule has 1 N–H and O–H groups in total. The summed E-state index contributed by atoms with van der Waals surface area (Å²) in [6.07, 6.45) is 7.40. The van der Waals surface area contributed by atoms with E-state index < -0.39 is 0 Å². The van der Waals surface area contributed by atoms with E-state index in [1.807, 2.05) is 12.1 Å². The second-order valence-electron chi connectivity index (χ2n) is 5.59. The average molecular weight is 241 g/mol. The lowest BCUT2D eigenvalue weighted by atomic mass is 9.98. The van der Waals surface area contributed by atoms with Gasteiger partial charge in [-0.2, -0.15) is 5.26 Å². The highest BCUT2D eigenvalue weighted by molar-refractivity contribution is 5.30. The molecule has 0 atom stereocenters. The van der Waals surface area contributed by atoms with Gasteiger partial charge in [-0.1, -0.05) is 6.07 Å². The molecule has 0 unspecified atom stereocenters. The van der Waals surface area contributed by atoms with Crippen molar-refractivity contribution in [3.05, 3.63) is 29.6 Å². The summed E-state index contributed by atoms with van der Waals surface area (Å²) in [5.74, 6) is 2.84. The van der Waals surface area contributed by atoms with Gasteiger partial charge in [0.1, 0.15) is 11.8 Å². The quantitative estimate of drug-likeness (QED) is 0.832. The minimum atomic E-state index is 0.555. The van der Waals surface area contributed by atoms with Gasteiger partial charge in [0.25, 0.3) is 0 Å². The van der Waals surface area contributed by atoms with Crippen LogP contribution in [0.2, 0.25) is 0 Å². The van der Waals surface area contributed by atoms with Crippen molar-refractivity contribution in [2.75, 3.05) is 6.54 Å². The number of hydrogen-bond acceptors (Lipinski definition) is 3. The first kappa shape index (κ1) is 11.7. The minimum absolute atomic E-state index is 0.555. The van der Waals surface area contributed by atoms with E-state index in [2.05, 4.69) is 16.4 Å². The van der Waals surface area contributed by atoms with Gasteiger partial charge < -0.3 is 5.32 Å². The van der Waals surface area contributed by atoms with Crippen molar-refractivity contribution >= 4 is 0 Å². The van der Waals surface area contributed by atoms with E-state index in [9.17, 15) is 0 Å². The largest absolute Gasteiger partial charge is 0.312 e. The first-order chi connectivity index (χ1) is 8.88. The van der Waals surface area contributed by atoms with Gasteiger partial charge in [-0.15, -0.1) is 0 Å². The van der Waals surface area contributed by atoms with Crippen LogP contribution in [0.3, 0.4) is 0 Å². The predicted octanol–water partition coefficient (Wildman–Crippen LogP) is 2.48. The molecule has 3 nitrogen and oxygen atoms in total. The Balaban J connectivity index is 1.53. The summed E-state index contributed by atoms with van der Waals surface area (Å²) >= 11 is 0. The fourth-order valence-corrected chi connectivity index (χ4v) is 2.82. The van der Waals surface area contributed by atoms with Gasteiger partial charge in [0.15, 0.2) is 0 Å². The van der Waals surface area contributed by atoms with Gasteiger partial charge in [0.05, 0.1) is 0 Å². The molecule has 1 aromatic rings. The first-order valence-electron chi connectivity index (χ1n) is 6.93. The molecule has 1 heterocycles. The lowest BCUT2D eigenvalue weighted by Crippen LogP contribution is -2.25. The summed E-state index contributed by atoms with van der Waals surface area (Å²) in [4.78, 5) is 4.09. The topological polar surface area (TPSA) is 48.7 Å². The molecule has 18 heavy (non-hydrogen) atoms. The third-order valence-corrected chi connectivity index (χ3v) is 4.15. The Morgan fingerprint density at radius 2 is 2.06 bits per heavy atom. The lowest BCUT2D eigenvalue weighted by molar-refractivity contribution is 0.378. The van der Waals surface area contributed by atoms with Crippen LogP contribution in [0.15, 0.2) is 18.3 Å². The number of hydrogen-bond donors (Lipinski definition) is 1. The van der Waals surface area contributed by atoms with Crippen molar-refractivity contribution in [3.63, 3.8) is 0 Å². The van der Waals surface area contributed by atoms with E-state index in [1.165, 1.54) is 25.7 Å². The van der Waals surface area contributed by atoms with Gasteiger partial charge in [-0.25, -0.2) is 4.98 Å². The maximum atomic E-state index is 8.98. The molecule has 0 bridgehead atoms. The molecule has 94 valence electrons. The van der Waals surface area contributed by atoms with Crippen LogP contribution in [0.25, 0.3) is 0 Å². The molecule has 3 rings (SSSR count). The van der Waals surface area contributed by atoms with E-state index in [-0.39, 0.29) is 0 Å². The molecule has 2 aliphatic rings. The monoisotopic (exact) mass is 241 g/mol. The van der Waals surface area contributed by atoms with Crippen LogP contribution in [0.1, 0.15) is 36.9 Å². The SMILES string of the molecule is N#Cc1ncccc1CNCC(C1CC1)C1CC1. The average Bonchev–Trinajstić information content (AvgIpc) is 3.28. The zero-order valence-corrected chi connectivity index (χ0v) is 10.6. The molecule has 1 aromatic heterocycles. The van der Waals surface area contributed by atoms with Crippen molar-refractivity contribution in [3.8, 4) is 6.07 Å². The molecular weight excluding hydrogens is 222 g/mol. The van der Waals surface area contributed by atoms with E-state index >= 15 is 0 Å². The van der Waals surface area contributed by atoms with Gasteiger partial charge in [0.2, 0.25) is 0 Å². The number of pyridine rings is 1. The highest BCUT2D eigenvalue weighted by Crippen LogP contribution is 2.48. The van der Waals surface area contributed by atoms with Crippen LogP contribution in [-0.2, 0) is 6.54 Å². The second-order valence-corrected chi connectivity index (χ2v) is 5.59. The van der Waals surface area contributed by atoms with Crippen LogP contribution in [-0.4, -0.2) is 11.5 Å². The smallest absolute Gasteiger partial charge is 0.144 e. The van der Waals surface area contributed by atoms with E-state index in [1.54, 1.807) is 6.20 Å². The summed E-state index contributed by atoms with van der Waals surface area (Å²) in [7, 11) is 0. The molecule has 2 saturated carbocycles. The maximum Gasteiger partial charge on any atom is 0.144 e. The second kappa shape index (κ2) is 5.07. The Kier molecular flexibility index (Phi) is 3.29. The van der Waals surface area contributed by atoms with E-state index in [0.717, 1.165) is 36.4 Å². The highest BCUT2D eigenvalue weighted by atomic mass is 14.9. The van der Waals surface area contributed by atoms with Crippen LogP contribution in [0, 0.1) is 29.1 Å². The predicted molar refractivity (Wildman–Crippen MR) is 69.6 cm³/mol. The summed E-state index contributed by atoms with van der Waals surface area (Å²) in [6.45, 7) is 1.88. The van der Waals surface area contributed by atoms with E-state index in [0.29, 0.717) is 5.69 Å². The van der Waals surface area contributed by atoms with Crippen molar-refractivity contribution in [2.45, 2.75) is 32.2 Å². The van der Waals surface area contributed by atoms with Crippen LogP contribution in [0.4, 0.5) is 0 Å². The molecule has 0 saturated heterocycles. The Labute approximate surface area is 108 Å². The van der Waals surface area contributed by atoms with Crippen molar-refractivity contribution in [1.29, 1.82) is 5.26 Å². The summed E-state index contributed by atoms with van der Waals surface area (Å²) < 4.78 is 0. The van der Waals surface area contributed by atoms with Crippen LogP contribution in [0.5, 0.6) is 0 Å². The standard InChI is InChI=1S/C15H19N3/c16-8-15-13(2-1-7-18-15)9-17-10-14(11-3-4-11)12-5-6-12/h1-2,7,11-12,14,17H,3-6,9-10H2. The molecule has 0 aliphatic heterocycles. The van der Waals surface area contributed by atoms with Crippen molar-refractivity contribution in [1.82, 2.24) is 10.3 Å². The zero-order chi connectivity index (χ0) is 12.4.